The van der Waals surface area contributed by atoms with E-state index >= 15 is 0 Å². The maximum atomic E-state index is 10.6. The third-order valence-corrected chi connectivity index (χ3v) is 3.97. The van der Waals surface area contributed by atoms with Gasteiger partial charge in [0.25, 0.3) is 0 Å². The number of carboxylic acids is 1. The topological polar surface area (TPSA) is 46.5 Å². The van der Waals surface area contributed by atoms with Gasteiger partial charge in [0.2, 0.25) is 0 Å². The number of fused-ring (bicyclic) bond motifs is 1. The van der Waals surface area contributed by atoms with Crippen molar-refractivity contribution in [3.63, 3.8) is 0 Å². The van der Waals surface area contributed by atoms with E-state index in [1.807, 2.05) is 12.1 Å². The molecule has 0 unspecified atom stereocenters. The Morgan fingerprint density at radius 1 is 1.19 bits per heavy atom. The van der Waals surface area contributed by atoms with E-state index in [9.17, 15) is 4.79 Å². The van der Waals surface area contributed by atoms with E-state index in [0.29, 0.717) is 25.4 Å². The van der Waals surface area contributed by atoms with Crippen LogP contribution >= 0.6 is 11.8 Å². The van der Waals surface area contributed by atoms with Crippen molar-refractivity contribution in [3.05, 3.63) is 54.6 Å². The Morgan fingerprint density at radius 3 is 2.71 bits per heavy atom. The van der Waals surface area contributed by atoms with Crippen LogP contribution in [0, 0.1) is 0 Å². The lowest BCUT2D eigenvalue weighted by atomic mass is 10.1. The Balaban J connectivity index is 1.70. The maximum Gasteiger partial charge on any atom is 0.330 e. The third kappa shape index (κ3) is 4.92. The quantitative estimate of drug-likeness (QED) is 0.341. The summed E-state index contributed by atoms with van der Waals surface area (Å²) in [6.45, 7) is 4.04. The average Bonchev–Trinajstić information content (AvgIpc) is 2.50. The van der Waals surface area contributed by atoms with Gasteiger partial charge in [-0.2, -0.15) is 0 Å². The minimum atomic E-state index is -0.930. The van der Waals surface area contributed by atoms with Gasteiger partial charge in [0.1, 0.15) is 0 Å². The Hall–Kier alpha value is -1.78. The summed E-state index contributed by atoms with van der Waals surface area (Å²) in [6, 6.07) is 14.6. The molecule has 0 atom stereocenters. The maximum absolute atomic E-state index is 10.6. The molecule has 0 aromatic heterocycles. The highest BCUT2D eigenvalue weighted by Gasteiger charge is 2.03. The van der Waals surface area contributed by atoms with E-state index in [1.165, 1.54) is 15.7 Å². The molecule has 21 heavy (non-hydrogen) atoms. The molecule has 0 saturated heterocycles. The highest BCUT2D eigenvalue weighted by atomic mass is 32.2. The number of hydrogen-bond acceptors (Lipinski definition) is 3. The van der Waals surface area contributed by atoms with E-state index in [-0.39, 0.29) is 5.57 Å². The normalized spacial score (nSPS) is 10.7. The van der Waals surface area contributed by atoms with Gasteiger partial charge in [0.05, 0.1) is 5.94 Å². The molecule has 0 aliphatic carbocycles. The fraction of sp³-hybridized carbons (Fsp3) is 0.235. The lowest BCUT2D eigenvalue weighted by Crippen LogP contribution is -2.01. The van der Waals surface area contributed by atoms with Gasteiger partial charge in [0.15, 0.2) is 0 Å². The molecule has 0 bridgehead atoms. The summed E-state index contributed by atoms with van der Waals surface area (Å²) >= 11 is 1.64. The molecule has 2 rings (SSSR count). The van der Waals surface area contributed by atoms with E-state index in [4.69, 9.17) is 9.84 Å². The Kier molecular flexibility index (Phi) is 5.84. The predicted molar refractivity (Wildman–Crippen MR) is 86.6 cm³/mol. The number of ether oxygens (including phenoxy) is 1. The molecule has 3 nitrogen and oxygen atoms in total. The number of aliphatic carboxylic acids is 1. The second-order valence-corrected chi connectivity index (χ2v) is 5.69. The third-order valence-electron chi connectivity index (χ3n) is 3.10. The summed E-state index contributed by atoms with van der Waals surface area (Å²) in [5.41, 5.74) is 0.237. The van der Waals surface area contributed by atoms with Crippen LogP contribution in [0.25, 0.3) is 10.8 Å². The van der Waals surface area contributed by atoms with Gasteiger partial charge in [-0.15, -0.1) is 0 Å². The van der Waals surface area contributed by atoms with Crippen LogP contribution in [0.2, 0.25) is 0 Å². The van der Waals surface area contributed by atoms with Gasteiger partial charge < -0.3 is 9.84 Å². The van der Waals surface area contributed by atoms with Crippen LogP contribution in [-0.4, -0.2) is 23.6 Å². The molecule has 0 heterocycles. The zero-order valence-electron chi connectivity index (χ0n) is 11.7. The largest absolute Gasteiger partial charge is 0.478 e. The minimum Gasteiger partial charge on any atom is -0.478 e. The number of benzene rings is 2. The zero-order chi connectivity index (χ0) is 15.1. The molecular formula is C17H18O3S. The fourth-order valence-electron chi connectivity index (χ4n) is 1.92. The van der Waals surface area contributed by atoms with Crippen LogP contribution in [0.3, 0.4) is 0 Å². The van der Waals surface area contributed by atoms with Gasteiger partial charge in [-0.3, -0.25) is 0 Å². The standard InChI is InChI=1S/C17H18O3S/c1-13(17(18)19)5-4-10-20-12-21-16-9-8-14-6-2-3-7-15(14)11-16/h2-3,6-9,11H,1,4-5,10,12H2,(H,18,19). The molecule has 0 fully saturated rings. The summed E-state index contributed by atoms with van der Waals surface area (Å²) < 4.78 is 5.51. The first kappa shape index (κ1) is 15.6. The second kappa shape index (κ2) is 7.86. The van der Waals surface area contributed by atoms with Crippen molar-refractivity contribution < 1.29 is 14.6 Å². The van der Waals surface area contributed by atoms with Crippen LogP contribution in [0.15, 0.2) is 59.5 Å². The molecule has 110 valence electrons. The van der Waals surface area contributed by atoms with Crippen LogP contribution in [-0.2, 0) is 9.53 Å². The van der Waals surface area contributed by atoms with E-state index in [2.05, 4.69) is 36.9 Å². The number of rotatable bonds is 8. The van der Waals surface area contributed by atoms with Crippen LogP contribution in [0.5, 0.6) is 0 Å². The molecular weight excluding hydrogens is 284 g/mol. The molecule has 0 radical (unpaired) electrons. The number of thioether (sulfide) groups is 1. The lowest BCUT2D eigenvalue weighted by molar-refractivity contribution is -0.132. The SMILES string of the molecule is C=C(CCCOCSc1ccc2ccccc2c1)C(=O)O. The first-order valence-electron chi connectivity index (χ1n) is 6.77. The first-order valence-corrected chi connectivity index (χ1v) is 7.76. The van der Waals surface area contributed by atoms with Gasteiger partial charge >= 0.3 is 5.97 Å². The monoisotopic (exact) mass is 302 g/mol. The molecule has 0 aliphatic heterocycles. The van der Waals surface area contributed by atoms with E-state index in [1.54, 1.807) is 11.8 Å². The van der Waals surface area contributed by atoms with Crippen molar-refractivity contribution in [2.75, 3.05) is 12.5 Å². The fourth-order valence-corrected chi connectivity index (χ4v) is 2.63. The summed E-state index contributed by atoms with van der Waals surface area (Å²) in [7, 11) is 0. The number of hydrogen-bond donors (Lipinski definition) is 1. The molecule has 0 aliphatic rings. The number of carboxylic acid groups (broad SMARTS) is 1. The van der Waals surface area contributed by atoms with Crippen LogP contribution < -0.4 is 0 Å². The number of carbonyl (C=O) groups is 1. The van der Waals surface area contributed by atoms with Crippen LogP contribution in [0.1, 0.15) is 12.8 Å². The molecule has 0 saturated carbocycles. The van der Waals surface area contributed by atoms with Crippen molar-refractivity contribution in [1.82, 2.24) is 0 Å². The van der Waals surface area contributed by atoms with Gasteiger partial charge in [-0.05, 0) is 35.7 Å². The molecule has 0 amide bonds. The zero-order valence-corrected chi connectivity index (χ0v) is 12.6. The smallest absolute Gasteiger partial charge is 0.330 e. The molecule has 0 spiro atoms. The molecule has 2 aromatic carbocycles. The second-order valence-electron chi connectivity index (χ2n) is 4.69. The Bertz CT molecular complexity index is 637. The Labute approximate surface area is 128 Å². The van der Waals surface area contributed by atoms with E-state index < -0.39 is 5.97 Å². The lowest BCUT2D eigenvalue weighted by Gasteiger charge is -2.05. The summed E-state index contributed by atoms with van der Waals surface area (Å²) in [5.74, 6) is -0.363. The molecule has 2 aromatic rings. The van der Waals surface area contributed by atoms with Crippen molar-refractivity contribution in [2.24, 2.45) is 0 Å². The van der Waals surface area contributed by atoms with Gasteiger partial charge in [-0.1, -0.05) is 48.7 Å². The van der Waals surface area contributed by atoms with Crippen LogP contribution in [0.4, 0.5) is 0 Å². The predicted octanol–water partition coefficient (Wildman–Crippen LogP) is 4.33. The van der Waals surface area contributed by atoms with Crippen molar-refractivity contribution in [1.29, 1.82) is 0 Å². The van der Waals surface area contributed by atoms with Crippen molar-refractivity contribution in [3.8, 4) is 0 Å². The average molecular weight is 302 g/mol. The van der Waals surface area contributed by atoms with Crippen molar-refractivity contribution >= 4 is 28.5 Å². The summed E-state index contributed by atoms with van der Waals surface area (Å²) in [4.78, 5) is 11.7. The highest BCUT2D eigenvalue weighted by Crippen LogP contribution is 2.23. The summed E-state index contributed by atoms with van der Waals surface area (Å²) in [5, 5.41) is 11.1. The van der Waals surface area contributed by atoms with Crippen molar-refractivity contribution in [2.45, 2.75) is 17.7 Å². The minimum absolute atomic E-state index is 0.237. The molecule has 4 heteroatoms. The molecule has 1 N–H and O–H groups in total. The Morgan fingerprint density at radius 2 is 1.95 bits per heavy atom. The summed E-state index contributed by atoms with van der Waals surface area (Å²) in [6.07, 6.45) is 1.15. The van der Waals surface area contributed by atoms with E-state index in [0.717, 1.165) is 0 Å². The first-order chi connectivity index (χ1) is 10.2. The van der Waals surface area contributed by atoms with Gasteiger partial charge in [0, 0.05) is 17.1 Å². The van der Waals surface area contributed by atoms with Gasteiger partial charge in [-0.25, -0.2) is 4.79 Å². The highest BCUT2D eigenvalue weighted by molar-refractivity contribution is 7.99.